The van der Waals surface area contributed by atoms with Crippen LogP contribution in [-0.2, 0) is 11.3 Å². The van der Waals surface area contributed by atoms with Crippen LogP contribution in [0.1, 0.15) is 22.5 Å². The van der Waals surface area contributed by atoms with Crippen molar-refractivity contribution in [3.05, 3.63) is 72.4 Å². The van der Waals surface area contributed by atoms with Gasteiger partial charge in [0.2, 0.25) is 0 Å². The maximum absolute atomic E-state index is 12.4. The van der Waals surface area contributed by atoms with Crippen LogP contribution >= 0.6 is 0 Å². The molecule has 0 saturated carbocycles. The first-order valence-corrected chi connectivity index (χ1v) is 7.82. The van der Waals surface area contributed by atoms with E-state index < -0.39 is 0 Å². The summed E-state index contributed by atoms with van der Waals surface area (Å²) in [6.07, 6.45) is 5.85. The van der Waals surface area contributed by atoms with Gasteiger partial charge in [-0.15, -0.1) is 0 Å². The van der Waals surface area contributed by atoms with E-state index in [4.69, 9.17) is 9.15 Å². The molecule has 0 radical (unpaired) electrons. The number of furan rings is 1. The Morgan fingerprint density at radius 2 is 2.12 bits per heavy atom. The summed E-state index contributed by atoms with van der Waals surface area (Å²) in [6, 6.07) is 12.9. The third-order valence-corrected chi connectivity index (χ3v) is 3.48. The molecule has 3 rings (SSSR count). The molecule has 1 N–H and O–H groups in total. The average Bonchev–Trinajstić information content (AvgIpc) is 3.31. The summed E-state index contributed by atoms with van der Waals surface area (Å²) in [5, 5.41) is 7.09. The number of hydrogen-bond donors (Lipinski definition) is 1. The summed E-state index contributed by atoms with van der Waals surface area (Å²) in [5.74, 6) is 0.680. The summed E-state index contributed by atoms with van der Waals surface area (Å²) in [7, 11) is 0. The van der Waals surface area contributed by atoms with Crippen molar-refractivity contribution in [1.29, 1.82) is 0 Å². The lowest BCUT2D eigenvalue weighted by Gasteiger charge is -2.10. The first kappa shape index (κ1) is 16.0. The highest BCUT2D eigenvalue weighted by Crippen LogP contribution is 2.13. The van der Waals surface area contributed by atoms with Crippen LogP contribution in [-0.4, -0.2) is 28.8 Å². The number of nitrogens with zero attached hydrogens (tertiary/aromatic N) is 2. The number of aromatic nitrogens is 2. The largest absolute Gasteiger partial charge is 0.467 e. The smallest absolute Gasteiger partial charge is 0.253 e. The minimum atomic E-state index is -0.118. The van der Waals surface area contributed by atoms with Crippen LogP contribution in [0, 0.1) is 0 Å². The van der Waals surface area contributed by atoms with Crippen LogP contribution in [0.5, 0.6) is 0 Å². The fourth-order valence-electron chi connectivity index (χ4n) is 2.32. The molecule has 0 aliphatic rings. The standard InChI is InChI=1S/C18H19N3O3/c22-18(19-9-5-12-23-14-15-6-3-13-24-15)16-7-1-2-8-17(16)21-11-4-10-20-21/h1-4,6-8,10-11,13H,5,9,12,14H2,(H,19,22). The Hall–Kier alpha value is -2.86. The van der Waals surface area contributed by atoms with Crippen LogP contribution in [0.4, 0.5) is 0 Å². The molecule has 124 valence electrons. The second-order valence-electron chi connectivity index (χ2n) is 5.21. The van der Waals surface area contributed by atoms with E-state index >= 15 is 0 Å². The van der Waals surface area contributed by atoms with Gasteiger partial charge < -0.3 is 14.5 Å². The normalized spacial score (nSPS) is 10.7. The number of hydrogen-bond acceptors (Lipinski definition) is 4. The van der Waals surface area contributed by atoms with E-state index in [9.17, 15) is 4.79 Å². The zero-order valence-corrected chi connectivity index (χ0v) is 13.2. The molecule has 6 heteroatoms. The van der Waals surface area contributed by atoms with Crippen LogP contribution < -0.4 is 5.32 Å². The fourth-order valence-corrected chi connectivity index (χ4v) is 2.32. The van der Waals surface area contributed by atoms with Crippen LogP contribution in [0.25, 0.3) is 5.69 Å². The number of rotatable bonds is 8. The highest BCUT2D eigenvalue weighted by Gasteiger charge is 2.11. The molecule has 3 aromatic rings. The molecule has 24 heavy (non-hydrogen) atoms. The number of nitrogens with one attached hydrogen (secondary N) is 1. The molecule has 0 aliphatic heterocycles. The minimum Gasteiger partial charge on any atom is -0.467 e. The second-order valence-corrected chi connectivity index (χ2v) is 5.21. The summed E-state index contributed by atoms with van der Waals surface area (Å²) < 4.78 is 12.4. The lowest BCUT2D eigenvalue weighted by atomic mass is 10.1. The minimum absolute atomic E-state index is 0.118. The summed E-state index contributed by atoms with van der Waals surface area (Å²) in [5.41, 5.74) is 1.35. The Morgan fingerprint density at radius 1 is 1.21 bits per heavy atom. The topological polar surface area (TPSA) is 69.3 Å². The molecule has 0 unspecified atom stereocenters. The molecule has 0 aliphatic carbocycles. The van der Waals surface area contributed by atoms with E-state index in [1.807, 2.05) is 42.6 Å². The van der Waals surface area contributed by atoms with Gasteiger partial charge in [-0.25, -0.2) is 4.68 Å². The molecule has 0 bridgehead atoms. The van der Waals surface area contributed by atoms with E-state index in [1.54, 1.807) is 23.2 Å². The Labute approximate surface area is 140 Å². The maximum Gasteiger partial charge on any atom is 0.253 e. The Morgan fingerprint density at radius 3 is 2.92 bits per heavy atom. The Kier molecular flexibility index (Phi) is 5.42. The van der Waals surface area contributed by atoms with Crippen molar-refractivity contribution < 1.29 is 13.9 Å². The number of carbonyl (C=O) groups is 1. The van der Waals surface area contributed by atoms with Crippen molar-refractivity contribution in [2.75, 3.05) is 13.2 Å². The van der Waals surface area contributed by atoms with Gasteiger partial charge in [0.1, 0.15) is 12.4 Å². The first-order valence-electron chi connectivity index (χ1n) is 7.82. The zero-order valence-electron chi connectivity index (χ0n) is 13.2. The van der Waals surface area contributed by atoms with Crippen LogP contribution in [0.15, 0.2) is 65.5 Å². The van der Waals surface area contributed by atoms with Crippen molar-refractivity contribution in [2.45, 2.75) is 13.0 Å². The van der Waals surface area contributed by atoms with Crippen LogP contribution in [0.3, 0.4) is 0 Å². The van der Waals surface area contributed by atoms with E-state index in [-0.39, 0.29) is 5.91 Å². The molecule has 2 aromatic heterocycles. The van der Waals surface area contributed by atoms with Gasteiger partial charge in [0.15, 0.2) is 0 Å². The number of benzene rings is 1. The van der Waals surface area contributed by atoms with Crippen molar-refractivity contribution in [2.24, 2.45) is 0 Å². The molecule has 0 atom stereocenters. The van der Waals surface area contributed by atoms with Gasteiger partial charge in [0.05, 0.1) is 17.5 Å². The molecule has 0 fully saturated rings. The van der Waals surface area contributed by atoms with Crippen molar-refractivity contribution in [3.63, 3.8) is 0 Å². The van der Waals surface area contributed by atoms with Crippen molar-refractivity contribution in [3.8, 4) is 5.69 Å². The van der Waals surface area contributed by atoms with Gasteiger partial charge in [-0.2, -0.15) is 5.10 Å². The predicted molar refractivity (Wildman–Crippen MR) is 88.9 cm³/mol. The first-order chi connectivity index (χ1) is 11.8. The van der Waals surface area contributed by atoms with Gasteiger partial charge >= 0.3 is 0 Å². The summed E-state index contributed by atoms with van der Waals surface area (Å²) in [4.78, 5) is 12.4. The van der Waals surface area contributed by atoms with E-state index in [0.29, 0.717) is 25.3 Å². The molecule has 2 heterocycles. The van der Waals surface area contributed by atoms with E-state index in [2.05, 4.69) is 10.4 Å². The van der Waals surface area contributed by atoms with Crippen molar-refractivity contribution in [1.82, 2.24) is 15.1 Å². The molecular weight excluding hydrogens is 306 g/mol. The predicted octanol–water partition coefficient (Wildman–Crippen LogP) is 2.80. The molecule has 1 amide bonds. The Bertz CT molecular complexity index is 752. The average molecular weight is 325 g/mol. The number of carbonyl (C=O) groups excluding carboxylic acids is 1. The molecule has 6 nitrogen and oxygen atoms in total. The van der Waals surface area contributed by atoms with Gasteiger partial charge in [0, 0.05) is 25.5 Å². The zero-order chi connectivity index (χ0) is 16.6. The third-order valence-electron chi connectivity index (χ3n) is 3.48. The summed E-state index contributed by atoms with van der Waals surface area (Å²) in [6.45, 7) is 1.55. The third kappa shape index (κ3) is 4.11. The Balaban J connectivity index is 1.46. The lowest BCUT2D eigenvalue weighted by Crippen LogP contribution is -2.26. The summed E-state index contributed by atoms with van der Waals surface area (Å²) >= 11 is 0. The number of ether oxygens (including phenoxy) is 1. The highest BCUT2D eigenvalue weighted by molar-refractivity contribution is 5.97. The lowest BCUT2D eigenvalue weighted by molar-refractivity contribution is 0.0917. The van der Waals surface area contributed by atoms with Gasteiger partial charge in [-0.3, -0.25) is 4.79 Å². The molecule has 1 aromatic carbocycles. The molecule has 0 saturated heterocycles. The van der Waals surface area contributed by atoms with E-state index in [0.717, 1.165) is 17.9 Å². The highest BCUT2D eigenvalue weighted by atomic mass is 16.5. The molecular formula is C18H19N3O3. The van der Waals surface area contributed by atoms with Crippen molar-refractivity contribution >= 4 is 5.91 Å². The number of para-hydroxylation sites is 1. The second kappa shape index (κ2) is 8.12. The maximum atomic E-state index is 12.4. The quantitative estimate of drug-likeness (QED) is 0.647. The molecule has 0 spiro atoms. The van der Waals surface area contributed by atoms with Gasteiger partial charge in [-0.1, -0.05) is 12.1 Å². The fraction of sp³-hybridized carbons (Fsp3) is 0.222. The SMILES string of the molecule is O=C(NCCCOCc1ccco1)c1ccccc1-n1cccn1. The van der Waals surface area contributed by atoms with Gasteiger partial charge in [-0.05, 0) is 36.8 Å². The monoisotopic (exact) mass is 325 g/mol. The number of amides is 1. The van der Waals surface area contributed by atoms with Gasteiger partial charge in [0.25, 0.3) is 5.91 Å². The van der Waals surface area contributed by atoms with Crippen LogP contribution in [0.2, 0.25) is 0 Å². The van der Waals surface area contributed by atoms with E-state index in [1.165, 1.54) is 0 Å².